The van der Waals surface area contributed by atoms with Crippen LogP contribution in [-0.2, 0) is 14.8 Å². The van der Waals surface area contributed by atoms with Gasteiger partial charge in [0.2, 0.25) is 15.9 Å². The summed E-state index contributed by atoms with van der Waals surface area (Å²) in [5.74, 6) is 0.0828. The van der Waals surface area contributed by atoms with Gasteiger partial charge < -0.3 is 4.90 Å². The van der Waals surface area contributed by atoms with Gasteiger partial charge in [-0.05, 0) is 25.7 Å². The molecule has 0 aromatic heterocycles. The molecule has 0 aromatic rings. The second-order valence-corrected chi connectivity index (χ2v) is 6.84. The van der Waals surface area contributed by atoms with Gasteiger partial charge in [0.1, 0.15) is 0 Å². The third-order valence-corrected chi connectivity index (χ3v) is 4.53. The molecule has 0 atom stereocenters. The van der Waals surface area contributed by atoms with Gasteiger partial charge in [-0.15, -0.1) is 0 Å². The molecule has 0 saturated carbocycles. The molecule has 0 aliphatic carbocycles. The molecule has 0 aromatic carbocycles. The van der Waals surface area contributed by atoms with Crippen molar-refractivity contribution in [1.82, 2.24) is 9.21 Å². The van der Waals surface area contributed by atoms with E-state index in [2.05, 4.69) is 0 Å². The fraction of sp³-hybridized carbons (Fsp3) is 0.917. The number of nitrogens with zero attached hydrogens (tertiary/aromatic N) is 2. The zero-order chi connectivity index (χ0) is 13.6. The highest BCUT2D eigenvalue weighted by molar-refractivity contribution is 7.88. The summed E-state index contributed by atoms with van der Waals surface area (Å²) in [5, 5.41) is 0. The smallest absolute Gasteiger partial charge is 0.223 e. The summed E-state index contributed by atoms with van der Waals surface area (Å²) in [6.45, 7) is 4.38. The zero-order valence-corrected chi connectivity index (χ0v) is 12.2. The first kappa shape index (κ1) is 15.4. The second-order valence-electron chi connectivity index (χ2n) is 4.85. The molecule has 106 valence electrons. The molecule has 1 rings (SSSR count). The quantitative estimate of drug-likeness (QED) is 0.729. The lowest BCUT2D eigenvalue weighted by atomic mass is 10.1. The van der Waals surface area contributed by atoms with E-state index in [4.69, 9.17) is 0 Å². The van der Waals surface area contributed by atoms with Crippen LogP contribution in [0, 0.1) is 0 Å². The Labute approximate surface area is 110 Å². The predicted octanol–water partition coefficient (Wildman–Crippen LogP) is 1.06. The maximum Gasteiger partial charge on any atom is 0.223 e. The van der Waals surface area contributed by atoms with Gasteiger partial charge in [-0.2, -0.15) is 0 Å². The number of carbonyl (C=O) groups is 1. The Balaban J connectivity index is 2.43. The van der Waals surface area contributed by atoms with Crippen LogP contribution >= 0.6 is 0 Å². The lowest BCUT2D eigenvalue weighted by Crippen LogP contribution is -2.39. The molecule has 1 aliphatic heterocycles. The number of hydrogen-bond acceptors (Lipinski definition) is 3. The first-order chi connectivity index (χ1) is 8.45. The molecule has 1 amide bonds. The van der Waals surface area contributed by atoms with E-state index in [-0.39, 0.29) is 5.91 Å². The van der Waals surface area contributed by atoms with Crippen LogP contribution in [0.25, 0.3) is 0 Å². The lowest BCUT2D eigenvalue weighted by molar-refractivity contribution is -0.132. The number of hydrogen-bond donors (Lipinski definition) is 0. The number of piperidine rings is 1. The maximum atomic E-state index is 11.9. The normalized spacial score (nSPS) is 17.2. The zero-order valence-electron chi connectivity index (χ0n) is 11.4. The van der Waals surface area contributed by atoms with Crippen molar-refractivity contribution in [1.29, 1.82) is 0 Å². The predicted molar refractivity (Wildman–Crippen MR) is 71.8 cm³/mol. The fourth-order valence-corrected chi connectivity index (χ4v) is 3.15. The van der Waals surface area contributed by atoms with Crippen molar-refractivity contribution in [2.24, 2.45) is 0 Å². The number of sulfonamides is 1. The molecular weight excluding hydrogens is 252 g/mol. The molecular formula is C12H24N2O3S. The molecule has 6 heteroatoms. The molecule has 0 bridgehead atoms. The van der Waals surface area contributed by atoms with Crippen LogP contribution in [0.2, 0.25) is 0 Å². The topological polar surface area (TPSA) is 57.7 Å². The van der Waals surface area contributed by atoms with Crippen LogP contribution in [0.1, 0.15) is 39.0 Å². The van der Waals surface area contributed by atoms with Crippen molar-refractivity contribution in [3.05, 3.63) is 0 Å². The van der Waals surface area contributed by atoms with E-state index in [1.165, 1.54) is 17.0 Å². The maximum absolute atomic E-state index is 11.9. The van der Waals surface area contributed by atoms with Gasteiger partial charge >= 0.3 is 0 Å². The van der Waals surface area contributed by atoms with E-state index >= 15 is 0 Å². The van der Waals surface area contributed by atoms with Crippen molar-refractivity contribution in [2.75, 3.05) is 32.4 Å². The van der Waals surface area contributed by atoms with E-state index in [1.807, 2.05) is 11.8 Å². The van der Waals surface area contributed by atoms with Crippen LogP contribution in [0.5, 0.6) is 0 Å². The highest BCUT2D eigenvalue weighted by atomic mass is 32.2. The average molecular weight is 276 g/mol. The largest absolute Gasteiger partial charge is 0.343 e. The number of amides is 1. The van der Waals surface area contributed by atoms with E-state index in [0.717, 1.165) is 32.4 Å². The Kier molecular flexibility index (Phi) is 6.08. The van der Waals surface area contributed by atoms with Crippen LogP contribution < -0.4 is 0 Å². The third kappa shape index (κ3) is 4.94. The Hall–Kier alpha value is -0.620. The molecule has 0 radical (unpaired) electrons. The standard InChI is InChI=1S/C12H24N2O3S/c1-3-8-14(18(2,16)17)11-7-12(15)13-9-5-4-6-10-13/h3-11H2,1-2H3. The molecule has 1 fully saturated rings. The molecule has 1 saturated heterocycles. The fourth-order valence-electron chi connectivity index (χ4n) is 2.21. The first-order valence-corrected chi connectivity index (χ1v) is 8.53. The third-order valence-electron chi connectivity index (χ3n) is 3.23. The summed E-state index contributed by atoms with van der Waals surface area (Å²) < 4.78 is 24.4. The van der Waals surface area contributed by atoms with Crippen molar-refractivity contribution in [3.8, 4) is 0 Å². The summed E-state index contributed by atoms with van der Waals surface area (Å²) in [7, 11) is -3.19. The van der Waals surface area contributed by atoms with Crippen molar-refractivity contribution in [2.45, 2.75) is 39.0 Å². The van der Waals surface area contributed by atoms with Gasteiger partial charge in [-0.25, -0.2) is 12.7 Å². The highest BCUT2D eigenvalue weighted by Crippen LogP contribution is 2.11. The SMILES string of the molecule is CCCN(CCC(=O)N1CCCCC1)S(C)(=O)=O. The monoisotopic (exact) mass is 276 g/mol. The van der Waals surface area contributed by atoms with Gasteiger partial charge in [0.25, 0.3) is 0 Å². The summed E-state index contributed by atoms with van der Waals surface area (Å²) in [4.78, 5) is 13.8. The van der Waals surface area contributed by atoms with Crippen LogP contribution in [-0.4, -0.2) is 56.0 Å². The Bertz CT molecular complexity index is 362. The molecule has 1 heterocycles. The highest BCUT2D eigenvalue weighted by Gasteiger charge is 2.20. The Morgan fingerprint density at radius 3 is 2.28 bits per heavy atom. The summed E-state index contributed by atoms with van der Waals surface area (Å²) in [6, 6.07) is 0. The second kappa shape index (κ2) is 7.09. The first-order valence-electron chi connectivity index (χ1n) is 6.68. The Morgan fingerprint density at radius 2 is 1.78 bits per heavy atom. The van der Waals surface area contributed by atoms with E-state index in [0.29, 0.717) is 19.5 Å². The molecule has 1 aliphatic rings. The minimum Gasteiger partial charge on any atom is -0.343 e. The van der Waals surface area contributed by atoms with Crippen LogP contribution in [0.4, 0.5) is 0 Å². The average Bonchev–Trinajstić information content (AvgIpc) is 2.33. The van der Waals surface area contributed by atoms with E-state index in [1.54, 1.807) is 0 Å². The Morgan fingerprint density at radius 1 is 1.17 bits per heavy atom. The van der Waals surface area contributed by atoms with Gasteiger partial charge in [0, 0.05) is 32.6 Å². The molecule has 5 nitrogen and oxygen atoms in total. The van der Waals surface area contributed by atoms with E-state index in [9.17, 15) is 13.2 Å². The van der Waals surface area contributed by atoms with Crippen LogP contribution in [0.3, 0.4) is 0 Å². The minimum absolute atomic E-state index is 0.0828. The van der Waals surface area contributed by atoms with Crippen LogP contribution in [0.15, 0.2) is 0 Å². The van der Waals surface area contributed by atoms with Crippen molar-refractivity contribution < 1.29 is 13.2 Å². The molecule has 0 unspecified atom stereocenters. The van der Waals surface area contributed by atoms with Gasteiger partial charge in [0.05, 0.1) is 6.26 Å². The summed E-state index contributed by atoms with van der Waals surface area (Å²) in [6.07, 6.45) is 5.59. The van der Waals surface area contributed by atoms with Gasteiger partial charge in [-0.3, -0.25) is 4.79 Å². The molecule has 0 N–H and O–H groups in total. The van der Waals surface area contributed by atoms with E-state index < -0.39 is 10.0 Å². The molecule has 18 heavy (non-hydrogen) atoms. The number of carbonyl (C=O) groups excluding carboxylic acids is 1. The van der Waals surface area contributed by atoms with Crippen molar-refractivity contribution in [3.63, 3.8) is 0 Å². The van der Waals surface area contributed by atoms with Gasteiger partial charge in [-0.1, -0.05) is 6.92 Å². The minimum atomic E-state index is -3.19. The summed E-state index contributed by atoms with van der Waals surface area (Å²) >= 11 is 0. The van der Waals surface area contributed by atoms with Gasteiger partial charge in [0.15, 0.2) is 0 Å². The van der Waals surface area contributed by atoms with Crippen molar-refractivity contribution >= 4 is 15.9 Å². The molecule has 0 spiro atoms. The lowest BCUT2D eigenvalue weighted by Gasteiger charge is -2.27. The summed E-state index contributed by atoms with van der Waals surface area (Å²) in [5.41, 5.74) is 0. The number of rotatable bonds is 6. The number of likely N-dealkylation sites (tertiary alicyclic amines) is 1.